The lowest BCUT2D eigenvalue weighted by atomic mass is 10.1. The van der Waals surface area contributed by atoms with Gasteiger partial charge in [0.25, 0.3) is 5.91 Å². The molecule has 0 radical (unpaired) electrons. The van der Waals surface area contributed by atoms with Crippen LogP contribution in [0, 0.1) is 6.92 Å². The van der Waals surface area contributed by atoms with E-state index in [1.165, 1.54) is 18.4 Å². The summed E-state index contributed by atoms with van der Waals surface area (Å²) in [6.07, 6.45) is 1.93. The Morgan fingerprint density at radius 1 is 1.19 bits per heavy atom. The minimum Gasteiger partial charge on any atom is -0.497 e. The first kappa shape index (κ1) is 21.9. The minimum absolute atomic E-state index is 0.208. The van der Waals surface area contributed by atoms with Crippen LogP contribution in [0.5, 0.6) is 5.75 Å². The van der Waals surface area contributed by atoms with Gasteiger partial charge in [-0.15, -0.1) is 15.3 Å². The number of carbonyl (C=O) groups is 1. The molecule has 2 unspecified atom stereocenters. The summed E-state index contributed by atoms with van der Waals surface area (Å²) in [4.78, 5) is 14.9. The Bertz CT molecular complexity index is 1060. The van der Waals surface area contributed by atoms with Crippen molar-refractivity contribution in [3.05, 3.63) is 47.7 Å². The van der Waals surface area contributed by atoms with Gasteiger partial charge in [-0.1, -0.05) is 23.5 Å². The van der Waals surface area contributed by atoms with Gasteiger partial charge >= 0.3 is 0 Å². The van der Waals surface area contributed by atoms with Gasteiger partial charge in [0.1, 0.15) is 5.75 Å². The number of carbonyl (C=O) groups excluding carboxylic acids is 1. The number of anilines is 3. The Balaban J connectivity index is 1.33. The molecule has 3 aromatic rings. The molecule has 0 saturated carbocycles. The molecule has 1 aromatic carbocycles. The summed E-state index contributed by atoms with van der Waals surface area (Å²) in [6, 6.07) is 9.40. The van der Waals surface area contributed by atoms with Crippen LogP contribution in [0.15, 0.2) is 36.5 Å². The van der Waals surface area contributed by atoms with Crippen LogP contribution >= 0.6 is 11.3 Å². The average molecular weight is 456 g/mol. The fourth-order valence-corrected chi connectivity index (χ4v) is 4.26. The van der Waals surface area contributed by atoms with Gasteiger partial charge in [-0.2, -0.15) is 5.10 Å². The fraction of sp³-hybridized carbons (Fsp3) is 0.381. The van der Waals surface area contributed by atoms with E-state index in [-0.39, 0.29) is 11.9 Å². The van der Waals surface area contributed by atoms with Crippen molar-refractivity contribution in [2.24, 2.45) is 0 Å². The SMILES string of the molecule is COc1ccc(C(OC)C(=O)Nc2nnc(NC3CCN(c4cc(C)cnn4)C3)s2)cc1. The van der Waals surface area contributed by atoms with Crippen molar-refractivity contribution in [1.29, 1.82) is 0 Å². The molecule has 11 heteroatoms. The molecule has 2 atom stereocenters. The molecule has 168 valence electrons. The third kappa shape index (κ3) is 5.11. The highest BCUT2D eigenvalue weighted by Gasteiger charge is 2.26. The molecule has 3 heterocycles. The molecule has 1 fully saturated rings. The lowest BCUT2D eigenvalue weighted by molar-refractivity contribution is -0.126. The number of amides is 1. The molecule has 2 N–H and O–H groups in total. The first-order valence-corrected chi connectivity index (χ1v) is 11.0. The standard InChI is InChI=1S/C21H25N7O3S/c1-13-10-17(25-22-11-13)28-9-8-15(12-28)23-20-26-27-21(32-20)24-19(29)18(31-3)14-4-6-16(30-2)7-5-14/h4-7,10-11,15,18H,8-9,12H2,1-3H3,(H,23,26)(H,24,27,29). The van der Waals surface area contributed by atoms with Gasteiger partial charge in [-0.25, -0.2) is 0 Å². The summed E-state index contributed by atoms with van der Waals surface area (Å²) in [5.41, 5.74) is 1.80. The molecule has 1 saturated heterocycles. The fourth-order valence-electron chi connectivity index (χ4n) is 3.54. The Hall–Kier alpha value is -3.31. The largest absolute Gasteiger partial charge is 0.497 e. The Kier molecular flexibility index (Phi) is 6.76. The van der Waals surface area contributed by atoms with Crippen molar-refractivity contribution in [3.8, 4) is 5.75 Å². The van der Waals surface area contributed by atoms with Crippen molar-refractivity contribution in [1.82, 2.24) is 20.4 Å². The number of aryl methyl sites for hydroxylation is 1. The summed E-state index contributed by atoms with van der Waals surface area (Å²) >= 11 is 1.29. The smallest absolute Gasteiger partial charge is 0.259 e. The van der Waals surface area contributed by atoms with Crippen molar-refractivity contribution < 1.29 is 14.3 Å². The second kappa shape index (κ2) is 9.88. The zero-order valence-corrected chi connectivity index (χ0v) is 18.9. The summed E-state index contributed by atoms with van der Waals surface area (Å²) in [6.45, 7) is 3.68. The molecular weight excluding hydrogens is 430 g/mol. The summed E-state index contributed by atoms with van der Waals surface area (Å²) in [5, 5.41) is 23.7. The van der Waals surface area contributed by atoms with Gasteiger partial charge in [0.2, 0.25) is 10.3 Å². The van der Waals surface area contributed by atoms with Crippen LogP contribution in [0.3, 0.4) is 0 Å². The van der Waals surface area contributed by atoms with Gasteiger partial charge in [0.15, 0.2) is 11.9 Å². The topological polar surface area (TPSA) is 114 Å². The quantitative estimate of drug-likeness (QED) is 0.529. The molecule has 1 aliphatic heterocycles. The number of rotatable bonds is 8. The van der Waals surface area contributed by atoms with E-state index in [0.717, 1.165) is 36.5 Å². The van der Waals surface area contributed by atoms with E-state index >= 15 is 0 Å². The van der Waals surface area contributed by atoms with E-state index in [1.807, 2.05) is 13.0 Å². The number of benzene rings is 1. The van der Waals surface area contributed by atoms with Crippen LogP contribution in [0.2, 0.25) is 0 Å². The molecule has 4 rings (SSSR count). The maximum absolute atomic E-state index is 12.7. The van der Waals surface area contributed by atoms with Crippen LogP contribution in [0.1, 0.15) is 23.7 Å². The van der Waals surface area contributed by atoms with Crippen LogP contribution in [-0.4, -0.2) is 59.7 Å². The second-order valence-electron chi connectivity index (χ2n) is 7.46. The van der Waals surface area contributed by atoms with Gasteiger partial charge < -0.3 is 19.7 Å². The molecule has 0 aliphatic carbocycles. The van der Waals surface area contributed by atoms with Gasteiger partial charge in [-0.3, -0.25) is 10.1 Å². The Labute approximate surface area is 190 Å². The van der Waals surface area contributed by atoms with Crippen LogP contribution in [0.25, 0.3) is 0 Å². The number of nitrogens with one attached hydrogen (secondary N) is 2. The van der Waals surface area contributed by atoms with Crippen molar-refractivity contribution in [2.75, 3.05) is 42.8 Å². The van der Waals surface area contributed by atoms with E-state index < -0.39 is 6.10 Å². The van der Waals surface area contributed by atoms with E-state index in [9.17, 15) is 4.79 Å². The highest BCUT2D eigenvalue weighted by molar-refractivity contribution is 7.19. The van der Waals surface area contributed by atoms with E-state index in [2.05, 4.69) is 35.9 Å². The molecule has 1 amide bonds. The highest BCUT2D eigenvalue weighted by atomic mass is 32.1. The van der Waals surface area contributed by atoms with Gasteiger partial charge in [0, 0.05) is 26.2 Å². The maximum atomic E-state index is 12.7. The van der Waals surface area contributed by atoms with Crippen LogP contribution in [0.4, 0.5) is 16.1 Å². The highest BCUT2D eigenvalue weighted by Crippen LogP contribution is 2.27. The molecular formula is C21H25N7O3S. The monoisotopic (exact) mass is 455 g/mol. The number of hydrogen-bond acceptors (Lipinski definition) is 10. The summed E-state index contributed by atoms with van der Waals surface area (Å²) in [7, 11) is 3.09. The van der Waals surface area contributed by atoms with Gasteiger partial charge in [-0.05, 0) is 42.7 Å². The third-order valence-electron chi connectivity index (χ3n) is 5.17. The first-order chi connectivity index (χ1) is 15.6. The number of methoxy groups -OCH3 is 2. The molecule has 32 heavy (non-hydrogen) atoms. The molecule has 0 bridgehead atoms. The lowest BCUT2D eigenvalue weighted by Gasteiger charge is -2.17. The van der Waals surface area contributed by atoms with Crippen molar-refractivity contribution >= 4 is 33.3 Å². The predicted molar refractivity (Wildman–Crippen MR) is 122 cm³/mol. The predicted octanol–water partition coefficient (Wildman–Crippen LogP) is 2.66. The Morgan fingerprint density at radius 2 is 1.97 bits per heavy atom. The molecule has 0 spiro atoms. The Morgan fingerprint density at radius 3 is 2.69 bits per heavy atom. The number of hydrogen-bond donors (Lipinski definition) is 2. The van der Waals surface area contributed by atoms with E-state index in [4.69, 9.17) is 9.47 Å². The lowest BCUT2D eigenvalue weighted by Crippen LogP contribution is -2.26. The molecule has 10 nitrogen and oxygen atoms in total. The van der Waals surface area contributed by atoms with Crippen LogP contribution < -0.4 is 20.3 Å². The van der Waals surface area contributed by atoms with Crippen LogP contribution in [-0.2, 0) is 9.53 Å². The maximum Gasteiger partial charge on any atom is 0.259 e. The minimum atomic E-state index is -0.764. The number of aromatic nitrogens is 4. The normalized spacial score (nSPS) is 16.6. The summed E-state index contributed by atoms with van der Waals surface area (Å²) in [5.74, 6) is 1.28. The van der Waals surface area contributed by atoms with Crippen molar-refractivity contribution in [2.45, 2.75) is 25.5 Å². The molecule has 1 aliphatic rings. The zero-order chi connectivity index (χ0) is 22.5. The molecule has 2 aromatic heterocycles. The van der Waals surface area contributed by atoms with E-state index in [0.29, 0.717) is 16.0 Å². The summed E-state index contributed by atoms with van der Waals surface area (Å²) < 4.78 is 10.6. The van der Waals surface area contributed by atoms with Gasteiger partial charge in [0.05, 0.1) is 13.3 Å². The third-order valence-corrected chi connectivity index (χ3v) is 5.94. The number of nitrogens with zero attached hydrogens (tertiary/aromatic N) is 5. The van der Waals surface area contributed by atoms with E-state index in [1.54, 1.807) is 37.6 Å². The first-order valence-electron chi connectivity index (χ1n) is 10.2. The van der Waals surface area contributed by atoms with Crippen molar-refractivity contribution in [3.63, 3.8) is 0 Å². The number of ether oxygens (including phenoxy) is 2. The zero-order valence-electron chi connectivity index (χ0n) is 18.1. The second-order valence-corrected chi connectivity index (χ2v) is 8.44. The average Bonchev–Trinajstić information content (AvgIpc) is 3.44.